The fourth-order valence-corrected chi connectivity index (χ4v) is 3.01. The van der Waals surface area contributed by atoms with Crippen molar-refractivity contribution in [2.45, 2.75) is 32.6 Å². The first-order valence-electron chi connectivity index (χ1n) is 7.50. The molecule has 2 saturated heterocycles. The molecule has 0 aromatic heterocycles. The predicted octanol–water partition coefficient (Wildman–Crippen LogP) is 1.35. The SMILES string of the molecule is CCC1CCCN(CCC(=O)N2CCNCC2)C1.Cl. The molecule has 0 spiro atoms. The minimum absolute atomic E-state index is 0. The Bertz CT molecular complexity index is 269. The number of hydrogen-bond acceptors (Lipinski definition) is 3. The third-order valence-electron chi connectivity index (χ3n) is 4.29. The molecule has 0 aliphatic carbocycles. The van der Waals surface area contributed by atoms with Crippen molar-refractivity contribution in [3.8, 4) is 0 Å². The minimum atomic E-state index is 0. The Kier molecular flexibility index (Phi) is 7.73. The van der Waals surface area contributed by atoms with E-state index in [1.54, 1.807) is 0 Å². The van der Waals surface area contributed by atoms with E-state index in [0.29, 0.717) is 12.3 Å². The Morgan fingerprint density at radius 1 is 1.26 bits per heavy atom. The van der Waals surface area contributed by atoms with Crippen LogP contribution in [0.25, 0.3) is 0 Å². The number of rotatable bonds is 4. The van der Waals surface area contributed by atoms with E-state index in [1.807, 2.05) is 4.90 Å². The maximum atomic E-state index is 12.1. The summed E-state index contributed by atoms with van der Waals surface area (Å²) in [7, 11) is 0. The molecule has 1 amide bonds. The van der Waals surface area contributed by atoms with Gasteiger partial charge in [0.05, 0.1) is 0 Å². The lowest BCUT2D eigenvalue weighted by Gasteiger charge is -2.33. The number of nitrogens with one attached hydrogen (secondary N) is 1. The fourth-order valence-electron chi connectivity index (χ4n) is 3.01. The van der Waals surface area contributed by atoms with Crippen LogP contribution in [0.3, 0.4) is 0 Å². The van der Waals surface area contributed by atoms with Gasteiger partial charge in [0.1, 0.15) is 0 Å². The highest BCUT2D eigenvalue weighted by molar-refractivity contribution is 5.85. The largest absolute Gasteiger partial charge is 0.340 e. The molecule has 112 valence electrons. The number of halogens is 1. The Balaban J connectivity index is 0.00000180. The summed E-state index contributed by atoms with van der Waals surface area (Å²) >= 11 is 0. The van der Waals surface area contributed by atoms with Crippen LogP contribution >= 0.6 is 12.4 Å². The van der Waals surface area contributed by atoms with E-state index in [9.17, 15) is 4.79 Å². The molecule has 0 bridgehead atoms. The molecule has 1 atom stereocenters. The molecular weight excluding hydrogens is 262 g/mol. The zero-order valence-corrected chi connectivity index (χ0v) is 12.9. The minimum Gasteiger partial charge on any atom is -0.340 e. The van der Waals surface area contributed by atoms with Crippen molar-refractivity contribution >= 4 is 18.3 Å². The molecule has 2 aliphatic heterocycles. The smallest absolute Gasteiger partial charge is 0.223 e. The highest BCUT2D eigenvalue weighted by Crippen LogP contribution is 2.19. The van der Waals surface area contributed by atoms with Crippen LogP contribution in [0.2, 0.25) is 0 Å². The molecule has 2 fully saturated rings. The fraction of sp³-hybridized carbons (Fsp3) is 0.929. The number of likely N-dealkylation sites (tertiary alicyclic amines) is 1. The maximum absolute atomic E-state index is 12.1. The molecule has 4 nitrogen and oxygen atoms in total. The van der Waals surface area contributed by atoms with Crippen molar-refractivity contribution in [1.29, 1.82) is 0 Å². The number of piperidine rings is 1. The van der Waals surface area contributed by atoms with Crippen molar-refractivity contribution in [1.82, 2.24) is 15.1 Å². The Morgan fingerprint density at radius 3 is 2.68 bits per heavy atom. The molecule has 2 aliphatic rings. The van der Waals surface area contributed by atoms with Crippen LogP contribution in [0.1, 0.15) is 32.6 Å². The van der Waals surface area contributed by atoms with Crippen LogP contribution in [0.5, 0.6) is 0 Å². The number of carbonyl (C=O) groups excluding carboxylic acids is 1. The van der Waals surface area contributed by atoms with Crippen molar-refractivity contribution in [3.05, 3.63) is 0 Å². The van der Waals surface area contributed by atoms with E-state index >= 15 is 0 Å². The monoisotopic (exact) mass is 289 g/mol. The highest BCUT2D eigenvalue weighted by atomic mass is 35.5. The molecule has 2 rings (SSSR count). The lowest BCUT2D eigenvalue weighted by atomic mass is 9.95. The molecule has 0 aromatic rings. The van der Waals surface area contributed by atoms with Gasteiger partial charge in [-0.05, 0) is 25.3 Å². The summed E-state index contributed by atoms with van der Waals surface area (Å²) in [4.78, 5) is 16.6. The molecule has 1 N–H and O–H groups in total. The van der Waals surface area contributed by atoms with Crippen molar-refractivity contribution in [2.75, 3.05) is 45.8 Å². The third kappa shape index (κ3) is 5.28. The van der Waals surface area contributed by atoms with Crippen molar-refractivity contribution in [3.63, 3.8) is 0 Å². The summed E-state index contributed by atoms with van der Waals surface area (Å²) in [6.45, 7) is 9.30. The first kappa shape index (κ1) is 16.7. The van der Waals surface area contributed by atoms with Crippen LogP contribution in [0.4, 0.5) is 0 Å². The Labute approximate surface area is 123 Å². The molecule has 0 saturated carbocycles. The van der Waals surface area contributed by atoms with Gasteiger partial charge in [-0.15, -0.1) is 12.4 Å². The van der Waals surface area contributed by atoms with E-state index in [4.69, 9.17) is 0 Å². The summed E-state index contributed by atoms with van der Waals surface area (Å²) < 4.78 is 0. The standard InChI is InChI=1S/C14H27N3O.ClH/c1-2-13-4-3-8-16(12-13)9-5-14(18)17-10-6-15-7-11-17;/h13,15H,2-12H2,1H3;1H. The summed E-state index contributed by atoms with van der Waals surface area (Å²) in [6, 6.07) is 0. The number of nitrogens with zero attached hydrogens (tertiary/aromatic N) is 2. The van der Waals surface area contributed by atoms with Gasteiger partial charge in [-0.1, -0.05) is 13.3 Å². The molecule has 0 aromatic carbocycles. The molecule has 0 radical (unpaired) electrons. The van der Waals surface area contributed by atoms with Gasteiger partial charge >= 0.3 is 0 Å². The van der Waals surface area contributed by atoms with E-state index in [0.717, 1.165) is 38.6 Å². The summed E-state index contributed by atoms with van der Waals surface area (Å²) in [6.07, 6.45) is 4.66. The number of amides is 1. The second kappa shape index (κ2) is 8.77. The highest BCUT2D eigenvalue weighted by Gasteiger charge is 2.21. The quantitative estimate of drug-likeness (QED) is 0.849. The lowest BCUT2D eigenvalue weighted by molar-refractivity contribution is -0.132. The first-order chi connectivity index (χ1) is 8.79. The Hall–Kier alpha value is -0.320. The van der Waals surface area contributed by atoms with Gasteiger partial charge in [-0.3, -0.25) is 4.79 Å². The second-order valence-corrected chi connectivity index (χ2v) is 5.60. The summed E-state index contributed by atoms with van der Waals surface area (Å²) in [5.41, 5.74) is 0. The lowest BCUT2D eigenvalue weighted by Crippen LogP contribution is -2.47. The maximum Gasteiger partial charge on any atom is 0.223 e. The van der Waals surface area contributed by atoms with Gasteiger partial charge in [-0.2, -0.15) is 0 Å². The average molecular weight is 290 g/mol. The van der Waals surface area contributed by atoms with E-state index in [1.165, 1.54) is 32.4 Å². The van der Waals surface area contributed by atoms with Crippen molar-refractivity contribution in [2.24, 2.45) is 5.92 Å². The molecule has 19 heavy (non-hydrogen) atoms. The van der Waals surface area contributed by atoms with Gasteiger partial charge in [0.15, 0.2) is 0 Å². The molecular formula is C14H28ClN3O. The third-order valence-corrected chi connectivity index (χ3v) is 4.29. The number of hydrogen-bond donors (Lipinski definition) is 1. The average Bonchev–Trinajstić information content (AvgIpc) is 2.46. The molecule has 2 heterocycles. The first-order valence-corrected chi connectivity index (χ1v) is 7.50. The Morgan fingerprint density at radius 2 is 2.00 bits per heavy atom. The van der Waals surface area contributed by atoms with Gasteiger partial charge in [0.25, 0.3) is 0 Å². The molecule has 1 unspecified atom stereocenters. The van der Waals surface area contributed by atoms with Gasteiger partial charge < -0.3 is 15.1 Å². The number of piperazine rings is 1. The van der Waals surface area contributed by atoms with Gasteiger partial charge in [0.2, 0.25) is 5.91 Å². The zero-order valence-electron chi connectivity index (χ0n) is 12.1. The van der Waals surface area contributed by atoms with E-state index in [-0.39, 0.29) is 12.4 Å². The predicted molar refractivity (Wildman–Crippen MR) is 80.8 cm³/mol. The van der Waals surface area contributed by atoms with Crippen LogP contribution in [-0.2, 0) is 4.79 Å². The van der Waals surface area contributed by atoms with E-state index in [2.05, 4.69) is 17.1 Å². The van der Waals surface area contributed by atoms with Crippen LogP contribution in [0.15, 0.2) is 0 Å². The second-order valence-electron chi connectivity index (χ2n) is 5.60. The van der Waals surface area contributed by atoms with Crippen molar-refractivity contribution < 1.29 is 4.79 Å². The topological polar surface area (TPSA) is 35.6 Å². The van der Waals surface area contributed by atoms with Gasteiger partial charge in [-0.25, -0.2) is 0 Å². The number of carbonyl (C=O) groups is 1. The summed E-state index contributed by atoms with van der Waals surface area (Å²) in [5, 5.41) is 3.28. The summed E-state index contributed by atoms with van der Waals surface area (Å²) in [5.74, 6) is 1.20. The zero-order chi connectivity index (χ0) is 12.8. The normalized spacial score (nSPS) is 24.9. The van der Waals surface area contributed by atoms with Crippen LogP contribution < -0.4 is 5.32 Å². The van der Waals surface area contributed by atoms with E-state index < -0.39 is 0 Å². The molecule has 5 heteroatoms. The van der Waals surface area contributed by atoms with Gasteiger partial charge in [0, 0.05) is 45.7 Å². The van der Waals surface area contributed by atoms with Crippen LogP contribution in [0, 0.1) is 5.92 Å². The van der Waals surface area contributed by atoms with Crippen LogP contribution in [-0.4, -0.2) is 61.5 Å².